The molecule has 152 valence electrons. The highest BCUT2D eigenvalue weighted by molar-refractivity contribution is 5.15. The molecule has 0 amide bonds. The van der Waals surface area contributed by atoms with Crippen molar-refractivity contribution in [3.8, 4) is 0 Å². The molecule has 1 aromatic rings. The average molecular weight is 379 g/mol. The summed E-state index contributed by atoms with van der Waals surface area (Å²) in [6, 6.07) is 10.5. The Morgan fingerprint density at radius 3 is 2.30 bits per heavy atom. The van der Waals surface area contributed by atoms with Crippen molar-refractivity contribution in [2.45, 2.75) is 82.8 Å². The molecule has 0 aromatic heterocycles. The maximum atomic E-state index is 5.84. The molecule has 2 aliphatic rings. The van der Waals surface area contributed by atoms with Gasteiger partial charge in [-0.2, -0.15) is 0 Å². The third-order valence-electron chi connectivity index (χ3n) is 5.42. The van der Waals surface area contributed by atoms with E-state index in [1.54, 1.807) is 7.11 Å². The summed E-state index contributed by atoms with van der Waals surface area (Å²) in [5.41, 5.74) is 1.33. The lowest BCUT2D eigenvalue weighted by Crippen LogP contribution is -2.17. The Labute approximate surface area is 163 Å². The molecule has 5 nitrogen and oxygen atoms in total. The van der Waals surface area contributed by atoms with E-state index in [-0.39, 0.29) is 18.5 Å². The van der Waals surface area contributed by atoms with Gasteiger partial charge in [0.2, 0.25) is 0 Å². The van der Waals surface area contributed by atoms with E-state index >= 15 is 0 Å². The van der Waals surface area contributed by atoms with Crippen LogP contribution in [0, 0.1) is 0 Å². The first kappa shape index (κ1) is 20.7. The first-order chi connectivity index (χ1) is 13.2. The van der Waals surface area contributed by atoms with Gasteiger partial charge in [-0.25, -0.2) is 0 Å². The summed E-state index contributed by atoms with van der Waals surface area (Å²) < 4.78 is 28.2. The summed E-state index contributed by atoms with van der Waals surface area (Å²) in [6.45, 7) is 5.19. The third kappa shape index (κ3) is 7.16. The second-order valence-corrected chi connectivity index (χ2v) is 7.48. The summed E-state index contributed by atoms with van der Waals surface area (Å²) in [7, 11) is 1.80. The molecule has 0 N–H and O–H groups in total. The van der Waals surface area contributed by atoms with E-state index in [4.69, 9.17) is 23.7 Å². The summed E-state index contributed by atoms with van der Waals surface area (Å²) in [6.07, 6.45) is 6.65. The van der Waals surface area contributed by atoms with Crippen molar-refractivity contribution >= 4 is 0 Å². The van der Waals surface area contributed by atoms with Crippen LogP contribution in [0.25, 0.3) is 0 Å². The highest BCUT2D eigenvalue weighted by Gasteiger charge is 2.43. The van der Waals surface area contributed by atoms with Crippen molar-refractivity contribution in [3.63, 3.8) is 0 Å². The molecule has 6 atom stereocenters. The normalized spacial score (nSPS) is 28.7. The van der Waals surface area contributed by atoms with Gasteiger partial charge in [0.05, 0.1) is 31.0 Å². The third-order valence-corrected chi connectivity index (χ3v) is 5.42. The van der Waals surface area contributed by atoms with Crippen LogP contribution in [-0.4, -0.2) is 57.1 Å². The van der Waals surface area contributed by atoms with E-state index in [1.165, 1.54) is 5.56 Å². The Balaban J connectivity index is 1.23. The minimum absolute atomic E-state index is 0.152. The van der Waals surface area contributed by atoms with E-state index < -0.39 is 0 Å². The molecule has 2 heterocycles. The zero-order valence-electron chi connectivity index (χ0n) is 16.8. The number of epoxide rings is 2. The van der Waals surface area contributed by atoms with Gasteiger partial charge in [0.15, 0.2) is 6.29 Å². The first-order valence-electron chi connectivity index (χ1n) is 10.3. The highest BCUT2D eigenvalue weighted by atomic mass is 16.7. The van der Waals surface area contributed by atoms with Crippen molar-refractivity contribution < 1.29 is 23.7 Å². The quantitative estimate of drug-likeness (QED) is 0.365. The van der Waals surface area contributed by atoms with Gasteiger partial charge in [-0.3, -0.25) is 0 Å². The number of rotatable bonds is 14. The zero-order valence-corrected chi connectivity index (χ0v) is 16.8. The molecule has 2 aliphatic heterocycles. The topological polar surface area (TPSA) is 52.8 Å². The maximum absolute atomic E-state index is 5.84. The van der Waals surface area contributed by atoms with E-state index in [2.05, 4.69) is 24.3 Å². The predicted octanol–water partition coefficient (Wildman–Crippen LogP) is 3.74. The smallest absolute Gasteiger partial charge is 0.154 e. The van der Waals surface area contributed by atoms with Crippen molar-refractivity contribution in [2.75, 3.05) is 20.3 Å². The second kappa shape index (κ2) is 10.5. The van der Waals surface area contributed by atoms with Crippen LogP contribution in [0.3, 0.4) is 0 Å². The van der Waals surface area contributed by atoms with Gasteiger partial charge in [0.1, 0.15) is 6.10 Å². The molecule has 2 saturated heterocycles. The van der Waals surface area contributed by atoms with Crippen LogP contribution >= 0.6 is 0 Å². The van der Waals surface area contributed by atoms with Crippen LogP contribution in [0.5, 0.6) is 0 Å². The predicted molar refractivity (Wildman–Crippen MR) is 104 cm³/mol. The zero-order chi connectivity index (χ0) is 19.1. The number of methoxy groups -OCH3 is 1. The van der Waals surface area contributed by atoms with Crippen molar-refractivity contribution in [2.24, 2.45) is 0 Å². The van der Waals surface area contributed by atoms with Crippen LogP contribution in [0.2, 0.25) is 0 Å². The highest BCUT2D eigenvalue weighted by Crippen LogP contribution is 2.35. The molecule has 0 spiro atoms. The molecular formula is C22H34O5. The van der Waals surface area contributed by atoms with Crippen LogP contribution in [0.4, 0.5) is 0 Å². The van der Waals surface area contributed by atoms with Crippen molar-refractivity contribution in [1.29, 1.82) is 0 Å². The Morgan fingerprint density at radius 1 is 0.926 bits per heavy atom. The van der Waals surface area contributed by atoms with Crippen LogP contribution < -0.4 is 0 Å². The molecule has 1 aromatic carbocycles. The van der Waals surface area contributed by atoms with E-state index in [0.29, 0.717) is 31.5 Å². The van der Waals surface area contributed by atoms with E-state index in [9.17, 15) is 0 Å². The number of ether oxygens (including phenoxy) is 5. The summed E-state index contributed by atoms with van der Waals surface area (Å²) in [5.74, 6) is 0. The van der Waals surface area contributed by atoms with E-state index in [1.807, 2.05) is 19.9 Å². The largest absolute Gasteiger partial charge is 0.381 e. The summed E-state index contributed by atoms with van der Waals surface area (Å²) in [4.78, 5) is 0. The molecule has 2 unspecified atom stereocenters. The van der Waals surface area contributed by atoms with Gasteiger partial charge in [-0.05, 0) is 51.5 Å². The van der Waals surface area contributed by atoms with Gasteiger partial charge >= 0.3 is 0 Å². The van der Waals surface area contributed by atoms with Crippen LogP contribution in [0.15, 0.2) is 30.3 Å². The Kier molecular flexibility index (Phi) is 8.09. The summed E-state index contributed by atoms with van der Waals surface area (Å²) >= 11 is 0. The van der Waals surface area contributed by atoms with Gasteiger partial charge in [0, 0.05) is 13.7 Å². The SMILES string of the molecule is CCOC(C)OC[C@@H]1O[C@H]1CC[C@H]1O[C@@H]1CCC(Cc1ccccc1)OC. The fraction of sp³-hybridized carbons (Fsp3) is 0.727. The van der Waals surface area contributed by atoms with E-state index in [0.717, 1.165) is 32.1 Å². The molecule has 0 saturated carbocycles. The number of hydrogen-bond acceptors (Lipinski definition) is 5. The molecular weight excluding hydrogens is 344 g/mol. The van der Waals surface area contributed by atoms with Gasteiger partial charge in [0.25, 0.3) is 0 Å². The average Bonchev–Trinajstić information content (AvgIpc) is 3.59. The molecule has 27 heavy (non-hydrogen) atoms. The van der Waals surface area contributed by atoms with Crippen molar-refractivity contribution in [3.05, 3.63) is 35.9 Å². The number of benzene rings is 1. The fourth-order valence-electron chi connectivity index (χ4n) is 3.64. The Hall–Kier alpha value is -0.980. The van der Waals surface area contributed by atoms with Gasteiger partial charge in [-0.15, -0.1) is 0 Å². The minimum Gasteiger partial charge on any atom is -0.381 e. The lowest BCUT2D eigenvalue weighted by Gasteiger charge is -2.14. The first-order valence-corrected chi connectivity index (χ1v) is 10.3. The molecule has 2 fully saturated rings. The lowest BCUT2D eigenvalue weighted by molar-refractivity contribution is -0.129. The van der Waals surface area contributed by atoms with Gasteiger partial charge < -0.3 is 23.7 Å². The molecule has 0 aliphatic carbocycles. The fourth-order valence-corrected chi connectivity index (χ4v) is 3.64. The molecule has 3 rings (SSSR count). The van der Waals surface area contributed by atoms with Crippen LogP contribution in [0.1, 0.15) is 45.1 Å². The maximum Gasteiger partial charge on any atom is 0.154 e. The summed E-state index contributed by atoms with van der Waals surface area (Å²) in [5, 5.41) is 0. The van der Waals surface area contributed by atoms with Crippen molar-refractivity contribution in [1.82, 2.24) is 0 Å². The second-order valence-electron chi connectivity index (χ2n) is 7.48. The Morgan fingerprint density at radius 2 is 1.59 bits per heavy atom. The van der Waals surface area contributed by atoms with Crippen LogP contribution in [-0.2, 0) is 30.1 Å². The van der Waals surface area contributed by atoms with Gasteiger partial charge in [-0.1, -0.05) is 30.3 Å². The Bertz CT molecular complexity index is 537. The standard InChI is InChI=1S/C22H34O5/c1-4-24-16(2)25-15-22-21(27-22)13-12-20-19(26-20)11-10-18(23-3)14-17-8-6-5-7-9-17/h5-9,16,18-22H,4,10-15H2,1-3H3/t16?,18?,19-,20-,21+,22+/m1/s1. The number of hydrogen-bond donors (Lipinski definition) is 0. The molecule has 5 heteroatoms. The molecule has 0 radical (unpaired) electrons. The molecule has 0 bridgehead atoms. The lowest BCUT2D eigenvalue weighted by atomic mass is 10.0. The monoisotopic (exact) mass is 378 g/mol. The minimum atomic E-state index is -0.152.